The number of aromatic amines is 1. The molecule has 0 radical (unpaired) electrons. The number of hydrogen-bond donors (Lipinski definition) is 2. The highest BCUT2D eigenvalue weighted by Crippen LogP contribution is 2.50. The van der Waals surface area contributed by atoms with E-state index in [0.29, 0.717) is 31.5 Å². The first-order valence-corrected chi connectivity index (χ1v) is 13.9. The highest BCUT2D eigenvalue weighted by Gasteiger charge is 2.55. The predicted molar refractivity (Wildman–Crippen MR) is 139 cm³/mol. The van der Waals surface area contributed by atoms with Crippen LogP contribution in [-0.4, -0.2) is 80.5 Å². The van der Waals surface area contributed by atoms with Crippen molar-refractivity contribution in [1.82, 2.24) is 30.3 Å². The molecule has 1 atom stereocenters. The molecular weight excluding hydrogens is 503 g/mol. The van der Waals surface area contributed by atoms with Crippen LogP contribution in [0.4, 0.5) is 4.39 Å². The number of carbonyl (C=O) groups is 3. The Labute approximate surface area is 226 Å². The van der Waals surface area contributed by atoms with E-state index >= 15 is 0 Å². The van der Waals surface area contributed by atoms with Crippen LogP contribution in [0, 0.1) is 11.7 Å². The maximum Gasteiger partial charge on any atom is 0.274 e. The summed E-state index contributed by atoms with van der Waals surface area (Å²) < 4.78 is 19.5. The van der Waals surface area contributed by atoms with Crippen LogP contribution >= 0.6 is 0 Å². The van der Waals surface area contributed by atoms with Crippen LogP contribution in [0.1, 0.15) is 74.7 Å². The minimum Gasteiger partial charge on any atom is -0.481 e. The molecule has 208 valence electrons. The minimum absolute atomic E-state index is 0.0244. The largest absolute Gasteiger partial charge is 0.481 e. The third kappa shape index (κ3) is 4.55. The molecule has 39 heavy (non-hydrogen) atoms. The van der Waals surface area contributed by atoms with Gasteiger partial charge in [0.15, 0.2) is 11.5 Å². The van der Waals surface area contributed by atoms with Crippen molar-refractivity contribution in [3.8, 4) is 17.1 Å². The Hall–Kier alpha value is -3.50. The van der Waals surface area contributed by atoms with Crippen molar-refractivity contribution in [2.45, 2.75) is 81.3 Å². The number of hydrogen-bond acceptors (Lipinski definition) is 6. The molecule has 3 amide bonds. The number of piperidine rings is 1. The molecule has 2 N–H and O–H groups in total. The van der Waals surface area contributed by atoms with E-state index in [9.17, 15) is 18.8 Å². The number of aromatic nitrogens is 3. The fourth-order valence-electron chi connectivity index (χ4n) is 6.94. The van der Waals surface area contributed by atoms with Gasteiger partial charge >= 0.3 is 0 Å². The molecule has 2 saturated heterocycles. The summed E-state index contributed by atoms with van der Waals surface area (Å²) in [7, 11) is 3.37. The molecule has 0 aromatic carbocycles. The molecule has 2 spiro atoms. The lowest BCUT2D eigenvalue weighted by atomic mass is 9.77. The Morgan fingerprint density at radius 2 is 1.90 bits per heavy atom. The Morgan fingerprint density at radius 1 is 1.13 bits per heavy atom. The third-order valence-electron chi connectivity index (χ3n) is 9.62. The number of H-pyrrole nitrogens is 1. The Bertz CT molecular complexity index is 1300. The summed E-state index contributed by atoms with van der Waals surface area (Å²) in [5.74, 6) is -0.307. The van der Waals surface area contributed by atoms with Gasteiger partial charge < -0.3 is 19.9 Å². The van der Waals surface area contributed by atoms with Gasteiger partial charge in [-0.1, -0.05) is 0 Å². The molecule has 2 aromatic rings. The van der Waals surface area contributed by atoms with Crippen LogP contribution in [0.3, 0.4) is 0 Å². The molecule has 2 saturated carbocycles. The van der Waals surface area contributed by atoms with Crippen LogP contribution in [0.15, 0.2) is 18.3 Å². The SMILES string of the molecule is COc1cc(-c2cc(C(=O)N3CC[C@H](C(=O)N[C@H]4CC[C@]5(CCC(=O)N5C)CC4)CC34CC4)n[nH]2)c(F)cn1. The zero-order valence-corrected chi connectivity index (χ0v) is 22.5. The number of nitrogens with zero attached hydrogens (tertiary/aromatic N) is 4. The van der Waals surface area contributed by atoms with Crippen molar-refractivity contribution in [2.75, 3.05) is 20.7 Å². The number of pyridine rings is 1. The van der Waals surface area contributed by atoms with E-state index in [2.05, 4.69) is 20.5 Å². The molecule has 2 aliphatic heterocycles. The van der Waals surface area contributed by atoms with E-state index < -0.39 is 5.82 Å². The second-order valence-electron chi connectivity index (χ2n) is 11.7. The smallest absolute Gasteiger partial charge is 0.274 e. The first-order chi connectivity index (χ1) is 18.7. The molecule has 6 rings (SSSR count). The number of carbonyl (C=O) groups excluding carboxylic acids is 3. The predicted octanol–water partition coefficient (Wildman–Crippen LogP) is 3.05. The van der Waals surface area contributed by atoms with Gasteiger partial charge in [0.25, 0.3) is 5.91 Å². The van der Waals surface area contributed by atoms with Crippen LogP contribution in [0.25, 0.3) is 11.3 Å². The van der Waals surface area contributed by atoms with Gasteiger partial charge in [-0.3, -0.25) is 19.5 Å². The van der Waals surface area contributed by atoms with Gasteiger partial charge in [0.1, 0.15) is 0 Å². The average Bonchev–Trinajstić information content (AvgIpc) is 3.42. The number of amides is 3. The van der Waals surface area contributed by atoms with E-state index in [1.165, 1.54) is 13.2 Å². The van der Waals surface area contributed by atoms with Crippen LogP contribution < -0.4 is 10.1 Å². The molecule has 4 heterocycles. The fourth-order valence-corrected chi connectivity index (χ4v) is 6.94. The minimum atomic E-state index is -0.541. The Morgan fingerprint density at radius 3 is 2.56 bits per heavy atom. The highest BCUT2D eigenvalue weighted by molar-refractivity contribution is 5.94. The zero-order valence-electron chi connectivity index (χ0n) is 22.5. The normalized spacial score (nSPS) is 27.7. The number of likely N-dealkylation sites (tertiary alicyclic amines) is 2. The second kappa shape index (κ2) is 9.60. The average molecular weight is 539 g/mol. The quantitative estimate of drug-likeness (QED) is 0.604. The number of ether oxygens (including phenoxy) is 1. The topological polar surface area (TPSA) is 121 Å². The molecule has 0 unspecified atom stereocenters. The summed E-state index contributed by atoms with van der Waals surface area (Å²) >= 11 is 0. The maximum absolute atomic E-state index is 14.4. The molecule has 4 aliphatic rings. The van der Waals surface area contributed by atoms with Crippen LogP contribution in [-0.2, 0) is 9.59 Å². The van der Waals surface area contributed by atoms with Gasteiger partial charge in [0, 0.05) is 54.7 Å². The van der Waals surface area contributed by atoms with Crippen molar-refractivity contribution >= 4 is 17.7 Å². The van der Waals surface area contributed by atoms with Crippen LogP contribution in [0.2, 0.25) is 0 Å². The number of nitrogens with one attached hydrogen (secondary N) is 2. The van der Waals surface area contributed by atoms with Gasteiger partial charge in [-0.2, -0.15) is 5.10 Å². The summed E-state index contributed by atoms with van der Waals surface area (Å²) in [6, 6.07) is 3.15. The highest BCUT2D eigenvalue weighted by atomic mass is 19.1. The molecule has 0 bridgehead atoms. The molecule has 4 fully saturated rings. The van der Waals surface area contributed by atoms with E-state index in [1.807, 2.05) is 16.8 Å². The lowest BCUT2D eigenvalue weighted by Crippen LogP contribution is -2.53. The molecule has 11 heteroatoms. The van der Waals surface area contributed by atoms with Gasteiger partial charge in [-0.15, -0.1) is 0 Å². The molecular formula is C28H35FN6O4. The fraction of sp³-hybridized carbons (Fsp3) is 0.607. The second-order valence-corrected chi connectivity index (χ2v) is 11.7. The molecule has 2 aliphatic carbocycles. The summed E-state index contributed by atoms with van der Waals surface area (Å²) in [5.41, 5.74) is 0.484. The number of methoxy groups -OCH3 is 1. The van der Waals surface area contributed by atoms with Gasteiger partial charge in [-0.05, 0) is 63.9 Å². The Balaban J connectivity index is 1.07. The van der Waals surface area contributed by atoms with Gasteiger partial charge in [-0.25, -0.2) is 9.37 Å². The van der Waals surface area contributed by atoms with Crippen molar-refractivity contribution in [1.29, 1.82) is 0 Å². The summed E-state index contributed by atoms with van der Waals surface area (Å²) in [6.07, 6.45) is 9.22. The third-order valence-corrected chi connectivity index (χ3v) is 9.62. The van der Waals surface area contributed by atoms with Gasteiger partial charge in [0.05, 0.1) is 19.0 Å². The lowest BCUT2D eigenvalue weighted by Gasteiger charge is -2.43. The summed E-state index contributed by atoms with van der Waals surface area (Å²) in [5, 5.41) is 10.2. The van der Waals surface area contributed by atoms with E-state index in [-0.39, 0.29) is 57.9 Å². The first-order valence-electron chi connectivity index (χ1n) is 13.9. The number of halogens is 1. The van der Waals surface area contributed by atoms with E-state index in [0.717, 1.165) is 51.1 Å². The standard InChI is InChI=1S/C28H35FN6O4/c1-34-24(36)5-9-27(34)7-3-18(4-8-27)31-25(37)17-6-12-35(28(15-17)10-11-28)26(38)22-14-21(32-33-22)19-13-23(39-2)30-16-20(19)29/h13-14,16-18H,3-12,15H2,1-2H3,(H,31,37)(H,32,33)/t17-,18-,27+/m0/s1. The van der Waals surface area contributed by atoms with Crippen molar-refractivity contribution in [3.05, 3.63) is 29.8 Å². The summed E-state index contributed by atoms with van der Waals surface area (Å²) in [4.78, 5) is 46.4. The van der Waals surface area contributed by atoms with Crippen molar-refractivity contribution in [3.63, 3.8) is 0 Å². The van der Waals surface area contributed by atoms with Crippen molar-refractivity contribution in [2.24, 2.45) is 5.92 Å². The zero-order chi connectivity index (χ0) is 27.4. The van der Waals surface area contributed by atoms with E-state index in [1.54, 1.807) is 6.07 Å². The van der Waals surface area contributed by atoms with Crippen LogP contribution in [0.5, 0.6) is 5.88 Å². The summed E-state index contributed by atoms with van der Waals surface area (Å²) in [6.45, 7) is 0.483. The lowest BCUT2D eigenvalue weighted by molar-refractivity contribution is -0.131. The molecule has 10 nitrogen and oxygen atoms in total. The molecule has 2 aromatic heterocycles. The van der Waals surface area contributed by atoms with Crippen molar-refractivity contribution < 1.29 is 23.5 Å². The first kappa shape index (κ1) is 25.8. The monoisotopic (exact) mass is 538 g/mol. The number of rotatable bonds is 5. The van der Waals surface area contributed by atoms with Gasteiger partial charge in [0.2, 0.25) is 17.7 Å². The van der Waals surface area contributed by atoms with E-state index in [4.69, 9.17) is 4.74 Å². The maximum atomic E-state index is 14.4. The Kier molecular flexibility index (Phi) is 6.34.